The monoisotopic (exact) mass is 181 g/mol. The fourth-order valence-electron chi connectivity index (χ4n) is 0.840. The normalized spacial score (nSPS) is 9.62. The number of carbonyl (C=O) groups is 1. The summed E-state index contributed by atoms with van der Waals surface area (Å²) in [6, 6.07) is 0. The zero-order chi connectivity index (χ0) is 9.68. The zero-order valence-electron chi connectivity index (χ0n) is 7.33. The number of nitrogens with one attached hydrogen (secondary N) is 2. The first-order valence-electron chi connectivity index (χ1n) is 4.06. The summed E-state index contributed by atoms with van der Waals surface area (Å²) in [6.07, 6.45) is 3.34. The van der Waals surface area contributed by atoms with Gasteiger partial charge in [-0.1, -0.05) is 6.92 Å². The molecule has 1 aromatic heterocycles. The molecule has 0 atom stereocenters. The van der Waals surface area contributed by atoms with Crippen LogP contribution in [0.15, 0.2) is 17.3 Å². The third-order valence-electron chi connectivity index (χ3n) is 1.50. The van der Waals surface area contributed by atoms with E-state index in [1.54, 1.807) is 0 Å². The molecule has 0 aliphatic rings. The number of H-pyrrole nitrogens is 1. The summed E-state index contributed by atoms with van der Waals surface area (Å²) in [7, 11) is 0. The second-order valence-corrected chi connectivity index (χ2v) is 2.55. The molecule has 1 heterocycles. The van der Waals surface area contributed by atoms with E-state index in [-0.39, 0.29) is 11.5 Å². The first kappa shape index (κ1) is 9.44. The molecule has 0 fully saturated rings. The maximum absolute atomic E-state index is 11.3. The molecular formula is C8H11N3O2. The van der Waals surface area contributed by atoms with E-state index in [1.807, 2.05) is 6.92 Å². The molecule has 0 aliphatic carbocycles. The van der Waals surface area contributed by atoms with E-state index in [0.717, 1.165) is 6.42 Å². The highest BCUT2D eigenvalue weighted by Crippen LogP contribution is 1.85. The predicted octanol–water partition coefficient (Wildman–Crippen LogP) is -0.0903. The van der Waals surface area contributed by atoms with Crippen LogP contribution in [0.4, 0.5) is 0 Å². The van der Waals surface area contributed by atoms with Crippen LogP contribution in [0.25, 0.3) is 0 Å². The van der Waals surface area contributed by atoms with Crippen molar-refractivity contribution < 1.29 is 4.79 Å². The summed E-state index contributed by atoms with van der Waals surface area (Å²) >= 11 is 0. The zero-order valence-corrected chi connectivity index (χ0v) is 7.33. The average molecular weight is 181 g/mol. The fourth-order valence-corrected chi connectivity index (χ4v) is 0.840. The van der Waals surface area contributed by atoms with Crippen molar-refractivity contribution in [1.82, 2.24) is 15.3 Å². The van der Waals surface area contributed by atoms with Crippen molar-refractivity contribution in [2.75, 3.05) is 6.54 Å². The van der Waals surface area contributed by atoms with E-state index in [2.05, 4.69) is 15.3 Å². The third kappa shape index (κ3) is 2.40. The average Bonchev–Trinajstić information content (AvgIpc) is 2.15. The van der Waals surface area contributed by atoms with Crippen LogP contribution in [0.2, 0.25) is 0 Å². The van der Waals surface area contributed by atoms with Gasteiger partial charge in [0.15, 0.2) is 0 Å². The molecule has 2 N–H and O–H groups in total. The number of rotatable bonds is 3. The van der Waals surface area contributed by atoms with E-state index in [1.165, 1.54) is 12.5 Å². The van der Waals surface area contributed by atoms with Crippen molar-refractivity contribution in [3.63, 3.8) is 0 Å². The predicted molar refractivity (Wildman–Crippen MR) is 47.5 cm³/mol. The van der Waals surface area contributed by atoms with Crippen LogP contribution >= 0.6 is 0 Å². The van der Waals surface area contributed by atoms with Crippen LogP contribution in [0, 0.1) is 0 Å². The van der Waals surface area contributed by atoms with Gasteiger partial charge < -0.3 is 10.3 Å². The van der Waals surface area contributed by atoms with Gasteiger partial charge >= 0.3 is 0 Å². The Morgan fingerprint density at radius 1 is 1.69 bits per heavy atom. The second kappa shape index (κ2) is 4.39. The number of aromatic nitrogens is 2. The molecule has 0 unspecified atom stereocenters. The van der Waals surface area contributed by atoms with Crippen LogP contribution in [0.3, 0.4) is 0 Å². The standard InChI is InChI=1S/C8H11N3O2/c1-2-3-10-7(12)6-4-9-5-11-8(6)13/h4-5H,2-3H2,1H3,(H,10,12)(H,9,11,13). The number of aromatic amines is 1. The minimum absolute atomic E-state index is 0.0518. The minimum atomic E-state index is -0.413. The van der Waals surface area contributed by atoms with Gasteiger partial charge in [0.25, 0.3) is 11.5 Å². The van der Waals surface area contributed by atoms with Crippen molar-refractivity contribution in [2.45, 2.75) is 13.3 Å². The van der Waals surface area contributed by atoms with E-state index in [0.29, 0.717) is 6.54 Å². The van der Waals surface area contributed by atoms with Gasteiger partial charge in [-0.15, -0.1) is 0 Å². The Hall–Kier alpha value is -1.65. The quantitative estimate of drug-likeness (QED) is 0.684. The van der Waals surface area contributed by atoms with Gasteiger partial charge in [-0.2, -0.15) is 0 Å². The highest BCUT2D eigenvalue weighted by Gasteiger charge is 2.08. The lowest BCUT2D eigenvalue weighted by Crippen LogP contribution is -2.30. The van der Waals surface area contributed by atoms with Gasteiger partial charge in [-0.25, -0.2) is 4.98 Å². The summed E-state index contributed by atoms with van der Waals surface area (Å²) in [4.78, 5) is 28.3. The molecule has 1 aromatic rings. The molecular weight excluding hydrogens is 170 g/mol. The van der Waals surface area contributed by atoms with Crippen LogP contribution in [-0.2, 0) is 0 Å². The van der Waals surface area contributed by atoms with Crippen LogP contribution in [0.5, 0.6) is 0 Å². The molecule has 5 nitrogen and oxygen atoms in total. The topological polar surface area (TPSA) is 74.8 Å². The summed E-state index contributed by atoms with van der Waals surface area (Å²) in [5, 5.41) is 2.59. The smallest absolute Gasteiger partial charge is 0.263 e. The Labute approximate surface area is 75.2 Å². The third-order valence-corrected chi connectivity index (χ3v) is 1.50. The molecule has 0 saturated heterocycles. The Balaban J connectivity index is 2.77. The summed E-state index contributed by atoms with van der Waals surface area (Å²) in [5.41, 5.74) is -0.362. The SMILES string of the molecule is CCCNC(=O)c1cnc[nH]c1=O. The molecule has 13 heavy (non-hydrogen) atoms. The number of hydrogen-bond acceptors (Lipinski definition) is 3. The van der Waals surface area contributed by atoms with Crippen molar-refractivity contribution in [1.29, 1.82) is 0 Å². The highest BCUT2D eigenvalue weighted by atomic mass is 16.2. The van der Waals surface area contributed by atoms with Crippen molar-refractivity contribution in [3.8, 4) is 0 Å². The Kier molecular flexibility index (Phi) is 3.19. The van der Waals surface area contributed by atoms with Crippen LogP contribution in [-0.4, -0.2) is 22.4 Å². The molecule has 0 radical (unpaired) electrons. The number of carbonyl (C=O) groups excluding carboxylic acids is 1. The fraction of sp³-hybridized carbons (Fsp3) is 0.375. The molecule has 1 amide bonds. The molecule has 0 spiro atoms. The van der Waals surface area contributed by atoms with E-state index < -0.39 is 5.56 Å². The Morgan fingerprint density at radius 2 is 2.46 bits per heavy atom. The maximum atomic E-state index is 11.3. The first-order chi connectivity index (χ1) is 6.25. The largest absolute Gasteiger partial charge is 0.352 e. The Bertz CT molecular complexity index is 345. The van der Waals surface area contributed by atoms with Crippen molar-refractivity contribution in [2.24, 2.45) is 0 Å². The summed E-state index contributed by atoms with van der Waals surface area (Å²) in [6.45, 7) is 2.50. The number of hydrogen-bond donors (Lipinski definition) is 2. The lowest BCUT2D eigenvalue weighted by Gasteiger charge is -2.00. The van der Waals surface area contributed by atoms with Crippen molar-refractivity contribution in [3.05, 3.63) is 28.4 Å². The van der Waals surface area contributed by atoms with Gasteiger partial charge in [-0.3, -0.25) is 9.59 Å². The first-order valence-corrected chi connectivity index (χ1v) is 4.06. The minimum Gasteiger partial charge on any atom is -0.352 e. The number of nitrogens with zero attached hydrogens (tertiary/aromatic N) is 1. The maximum Gasteiger partial charge on any atom is 0.263 e. The van der Waals surface area contributed by atoms with E-state index >= 15 is 0 Å². The Morgan fingerprint density at radius 3 is 3.08 bits per heavy atom. The summed E-state index contributed by atoms with van der Waals surface area (Å²) < 4.78 is 0. The van der Waals surface area contributed by atoms with Gasteiger partial charge in [0.2, 0.25) is 0 Å². The van der Waals surface area contributed by atoms with Crippen LogP contribution in [0.1, 0.15) is 23.7 Å². The van der Waals surface area contributed by atoms with Gasteiger partial charge in [0.05, 0.1) is 6.33 Å². The molecule has 70 valence electrons. The summed E-state index contributed by atoms with van der Waals surface area (Å²) in [5.74, 6) is -0.379. The molecule has 0 saturated carbocycles. The van der Waals surface area contributed by atoms with Gasteiger partial charge in [0.1, 0.15) is 5.56 Å². The second-order valence-electron chi connectivity index (χ2n) is 2.55. The number of amides is 1. The van der Waals surface area contributed by atoms with Gasteiger partial charge in [-0.05, 0) is 6.42 Å². The molecule has 5 heteroatoms. The molecule has 0 aromatic carbocycles. The van der Waals surface area contributed by atoms with E-state index in [9.17, 15) is 9.59 Å². The molecule has 1 rings (SSSR count). The lowest BCUT2D eigenvalue weighted by atomic mass is 10.3. The highest BCUT2D eigenvalue weighted by molar-refractivity contribution is 5.93. The molecule has 0 bridgehead atoms. The van der Waals surface area contributed by atoms with Gasteiger partial charge in [0, 0.05) is 12.7 Å². The van der Waals surface area contributed by atoms with E-state index in [4.69, 9.17) is 0 Å². The molecule has 0 aliphatic heterocycles. The van der Waals surface area contributed by atoms with Crippen molar-refractivity contribution >= 4 is 5.91 Å². The lowest BCUT2D eigenvalue weighted by molar-refractivity contribution is 0.0951. The van der Waals surface area contributed by atoms with Crippen LogP contribution < -0.4 is 10.9 Å².